The van der Waals surface area contributed by atoms with Crippen molar-refractivity contribution in [2.24, 2.45) is 0 Å². The number of rotatable bonds is 9. The van der Waals surface area contributed by atoms with Crippen molar-refractivity contribution in [3.63, 3.8) is 0 Å². The van der Waals surface area contributed by atoms with Crippen molar-refractivity contribution in [2.45, 2.75) is 25.9 Å². The van der Waals surface area contributed by atoms with Crippen LogP contribution < -0.4 is 9.64 Å². The summed E-state index contributed by atoms with van der Waals surface area (Å²) in [6.45, 7) is 5.78. The van der Waals surface area contributed by atoms with Gasteiger partial charge in [-0.05, 0) is 42.8 Å². The van der Waals surface area contributed by atoms with E-state index in [-0.39, 0.29) is 28.8 Å². The van der Waals surface area contributed by atoms with E-state index in [0.717, 1.165) is 30.2 Å². The fraction of sp³-hybridized carbons (Fsp3) is 0.261. The van der Waals surface area contributed by atoms with Gasteiger partial charge < -0.3 is 4.74 Å². The first-order valence-electron chi connectivity index (χ1n) is 10.1. The predicted molar refractivity (Wildman–Crippen MR) is 124 cm³/mol. The average Bonchev–Trinajstić information content (AvgIpc) is 3.27. The summed E-state index contributed by atoms with van der Waals surface area (Å²) >= 11 is 7.06. The number of halogens is 4. The van der Waals surface area contributed by atoms with E-state index in [9.17, 15) is 18.0 Å². The number of aromatic nitrogens is 2. The molecule has 0 spiro atoms. The largest absolute Gasteiger partial charge is 0.489 e. The van der Waals surface area contributed by atoms with Gasteiger partial charge in [0, 0.05) is 22.7 Å². The molecule has 0 fully saturated rings. The van der Waals surface area contributed by atoms with E-state index < -0.39 is 11.7 Å². The van der Waals surface area contributed by atoms with Crippen molar-refractivity contribution in [3.05, 3.63) is 71.3 Å². The maximum atomic E-state index is 13.6. The van der Waals surface area contributed by atoms with Gasteiger partial charge in [0.15, 0.2) is 0 Å². The second-order valence-corrected chi connectivity index (χ2v) is 8.41. The first-order valence-corrected chi connectivity index (χ1v) is 11.3. The summed E-state index contributed by atoms with van der Waals surface area (Å²) in [4.78, 5) is 14.6. The Morgan fingerprint density at radius 2 is 2.03 bits per heavy atom. The topological polar surface area (TPSA) is 55.3 Å². The van der Waals surface area contributed by atoms with Gasteiger partial charge in [0.05, 0.1) is 5.56 Å². The number of ether oxygens (including phenoxy) is 1. The number of amides is 1. The standard InChI is InChI=1S/C23H21ClF3N3O2S/c1-3-5-11-30(21(31)16-7-6-8-17(24)13-16)22-29-28-20(33-22)15-9-10-19(32-12-4-2)18(14-15)23(25,26)27/h4,6-10,13-14H,2-3,5,11-12H2,1H3. The highest BCUT2D eigenvalue weighted by Gasteiger charge is 2.35. The van der Waals surface area contributed by atoms with Crippen LogP contribution in [0.4, 0.5) is 18.3 Å². The van der Waals surface area contributed by atoms with Crippen molar-refractivity contribution in [1.82, 2.24) is 10.2 Å². The third-order valence-corrected chi connectivity index (χ3v) is 5.82. The third-order valence-electron chi connectivity index (χ3n) is 4.59. The smallest absolute Gasteiger partial charge is 0.419 e. The van der Waals surface area contributed by atoms with Crippen molar-refractivity contribution in [2.75, 3.05) is 18.1 Å². The summed E-state index contributed by atoms with van der Waals surface area (Å²) in [6, 6.07) is 10.2. The highest BCUT2D eigenvalue weighted by molar-refractivity contribution is 7.18. The number of carbonyl (C=O) groups excluding carboxylic acids is 1. The molecule has 33 heavy (non-hydrogen) atoms. The Hall–Kier alpha value is -2.91. The molecule has 5 nitrogen and oxygen atoms in total. The molecule has 0 saturated heterocycles. The summed E-state index contributed by atoms with van der Waals surface area (Å²) in [5.74, 6) is -0.602. The molecule has 1 heterocycles. The number of hydrogen-bond acceptors (Lipinski definition) is 5. The molecule has 0 aliphatic heterocycles. The molecular formula is C23H21ClF3N3O2S. The average molecular weight is 496 g/mol. The lowest BCUT2D eigenvalue weighted by molar-refractivity contribution is -0.138. The first-order chi connectivity index (χ1) is 15.7. The van der Waals surface area contributed by atoms with Crippen molar-refractivity contribution in [1.29, 1.82) is 0 Å². The zero-order valence-corrected chi connectivity index (χ0v) is 19.3. The molecule has 0 atom stereocenters. The normalized spacial score (nSPS) is 11.3. The molecule has 0 radical (unpaired) electrons. The number of nitrogens with zero attached hydrogens (tertiary/aromatic N) is 3. The summed E-state index contributed by atoms with van der Waals surface area (Å²) in [5.41, 5.74) is -0.308. The molecule has 174 valence electrons. The van der Waals surface area contributed by atoms with E-state index >= 15 is 0 Å². The van der Waals surface area contributed by atoms with Gasteiger partial charge in [0.2, 0.25) is 5.13 Å². The molecule has 0 aliphatic rings. The molecule has 0 saturated carbocycles. The number of benzene rings is 2. The highest BCUT2D eigenvalue weighted by atomic mass is 35.5. The van der Waals surface area contributed by atoms with E-state index in [2.05, 4.69) is 16.8 Å². The van der Waals surface area contributed by atoms with Crippen LogP contribution in [0.2, 0.25) is 5.02 Å². The van der Waals surface area contributed by atoms with Crippen LogP contribution in [0, 0.1) is 0 Å². The minimum Gasteiger partial charge on any atom is -0.489 e. The molecule has 2 aromatic carbocycles. The zero-order valence-electron chi connectivity index (χ0n) is 17.7. The summed E-state index contributed by atoms with van der Waals surface area (Å²) in [5, 5.41) is 9.12. The van der Waals surface area contributed by atoms with Crippen molar-refractivity contribution < 1.29 is 22.7 Å². The van der Waals surface area contributed by atoms with Gasteiger partial charge in [-0.25, -0.2) is 0 Å². The van der Waals surface area contributed by atoms with E-state index in [0.29, 0.717) is 22.3 Å². The Morgan fingerprint density at radius 1 is 1.24 bits per heavy atom. The predicted octanol–water partition coefficient (Wildman–Crippen LogP) is 6.89. The van der Waals surface area contributed by atoms with E-state index in [1.807, 2.05) is 6.92 Å². The van der Waals surface area contributed by atoms with E-state index in [1.54, 1.807) is 24.3 Å². The molecule has 3 rings (SSSR count). The minimum absolute atomic E-state index is 0.0522. The van der Waals surface area contributed by atoms with Crippen molar-refractivity contribution >= 4 is 34.0 Å². The number of unbranched alkanes of at least 4 members (excludes halogenated alkanes) is 1. The molecule has 1 amide bonds. The molecule has 0 unspecified atom stereocenters. The first kappa shape index (κ1) is 24.7. The van der Waals surface area contributed by atoms with Gasteiger partial charge in [-0.1, -0.05) is 55.0 Å². The fourth-order valence-corrected chi connectivity index (χ4v) is 4.03. The summed E-state index contributed by atoms with van der Waals surface area (Å²) in [6.07, 6.45) is -1.69. The van der Waals surface area contributed by atoms with E-state index in [1.165, 1.54) is 23.1 Å². The van der Waals surface area contributed by atoms with E-state index in [4.69, 9.17) is 16.3 Å². The molecule has 0 N–H and O–H groups in total. The fourth-order valence-electron chi connectivity index (χ4n) is 2.98. The van der Waals surface area contributed by atoms with Crippen LogP contribution in [0.5, 0.6) is 5.75 Å². The Balaban J connectivity index is 1.95. The number of alkyl halides is 3. The molecule has 3 aromatic rings. The lowest BCUT2D eigenvalue weighted by Gasteiger charge is -2.19. The van der Waals surface area contributed by atoms with Gasteiger partial charge >= 0.3 is 6.18 Å². The van der Waals surface area contributed by atoms with Crippen LogP contribution in [0.1, 0.15) is 35.7 Å². The summed E-state index contributed by atoms with van der Waals surface area (Å²) in [7, 11) is 0. The van der Waals surface area contributed by atoms with Gasteiger partial charge in [0.1, 0.15) is 17.4 Å². The maximum Gasteiger partial charge on any atom is 0.419 e. The van der Waals surface area contributed by atoms with Gasteiger partial charge in [-0.3, -0.25) is 9.69 Å². The Bertz CT molecular complexity index is 1130. The van der Waals surface area contributed by atoms with Crippen LogP contribution >= 0.6 is 22.9 Å². The maximum absolute atomic E-state index is 13.6. The molecular weight excluding hydrogens is 475 g/mol. The van der Waals surface area contributed by atoms with Crippen LogP contribution in [-0.4, -0.2) is 29.3 Å². The summed E-state index contributed by atoms with van der Waals surface area (Å²) < 4.78 is 45.9. The highest BCUT2D eigenvalue weighted by Crippen LogP contribution is 2.40. The third kappa shape index (κ3) is 6.11. The molecule has 0 bridgehead atoms. The van der Waals surface area contributed by atoms with Gasteiger partial charge in [-0.15, -0.1) is 10.2 Å². The Labute approximate surface area is 198 Å². The quantitative estimate of drug-likeness (QED) is 0.303. The van der Waals surface area contributed by atoms with Crippen LogP contribution in [-0.2, 0) is 6.18 Å². The van der Waals surface area contributed by atoms with Crippen molar-refractivity contribution in [3.8, 4) is 16.3 Å². The Morgan fingerprint density at radius 3 is 2.70 bits per heavy atom. The number of hydrogen-bond donors (Lipinski definition) is 0. The van der Waals surface area contributed by atoms with Crippen LogP contribution in [0.25, 0.3) is 10.6 Å². The molecule has 1 aromatic heterocycles. The minimum atomic E-state index is -4.62. The van der Waals surface area contributed by atoms with Crippen LogP contribution in [0.15, 0.2) is 55.1 Å². The molecule has 0 aliphatic carbocycles. The lowest BCUT2D eigenvalue weighted by atomic mass is 10.1. The van der Waals surface area contributed by atoms with Gasteiger partial charge in [-0.2, -0.15) is 13.2 Å². The SMILES string of the molecule is C=CCOc1ccc(-c2nnc(N(CCCC)C(=O)c3cccc(Cl)c3)s2)cc1C(F)(F)F. The lowest BCUT2D eigenvalue weighted by Crippen LogP contribution is -2.31. The Kier molecular flexibility index (Phi) is 8.10. The van der Waals surface area contributed by atoms with Crippen LogP contribution in [0.3, 0.4) is 0 Å². The van der Waals surface area contributed by atoms with Gasteiger partial charge in [0.25, 0.3) is 5.91 Å². The number of anilines is 1. The zero-order chi connectivity index (χ0) is 24.0. The second-order valence-electron chi connectivity index (χ2n) is 7.02. The monoisotopic (exact) mass is 495 g/mol. The molecule has 10 heteroatoms. The second kappa shape index (κ2) is 10.8. The number of carbonyl (C=O) groups is 1.